The lowest BCUT2D eigenvalue weighted by atomic mass is 10.0. The molecule has 0 radical (unpaired) electrons. The second-order valence-corrected chi connectivity index (χ2v) is 5.96. The number of H-pyrrole nitrogens is 1. The van der Waals surface area contributed by atoms with Crippen LogP contribution >= 0.6 is 0 Å². The maximum Gasteiger partial charge on any atom is 0.139 e. The molecule has 0 unspecified atom stereocenters. The molecule has 0 bridgehead atoms. The Labute approximate surface area is 135 Å². The molecule has 23 heavy (non-hydrogen) atoms. The number of nitrogens with one attached hydrogen (secondary N) is 2. The maximum absolute atomic E-state index is 4.48. The molecule has 4 heterocycles. The summed E-state index contributed by atoms with van der Waals surface area (Å²) in [6.07, 6.45) is 11.6. The van der Waals surface area contributed by atoms with E-state index in [2.05, 4.69) is 36.2 Å². The van der Waals surface area contributed by atoms with Gasteiger partial charge in [0.2, 0.25) is 0 Å². The highest BCUT2D eigenvalue weighted by atomic mass is 15.2. The number of fused-ring (bicyclic) bond motifs is 1. The van der Waals surface area contributed by atoms with Crippen LogP contribution in [0.5, 0.6) is 0 Å². The van der Waals surface area contributed by atoms with E-state index in [0.717, 1.165) is 35.2 Å². The van der Waals surface area contributed by atoms with Crippen molar-refractivity contribution in [1.82, 2.24) is 25.3 Å². The minimum atomic E-state index is 0.536. The number of aromatic nitrogens is 4. The van der Waals surface area contributed by atoms with Gasteiger partial charge in [0.15, 0.2) is 0 Å². The summed E-state index contributed by atoms with van der Waals surface area (Å²) in [5.41, 5.74) is 4.26. The number of pyridine rings is 1. The number of likely N-dealkylation sites (N-methyl/N-ethyl adjacent to an activating group) is 1. The number of hydrogen-bond acceptors (Lipinski definition) is 5. The summed E-state index contributed by atoms with van der Waals surface area (Å²) in [4.78, 5) is 18.5. The van der Waals surface area contributed by atoms with Crippen molar-refractivity contribution >= 4 is 16.7 Å². The van der Waals surface area contributed by atoms with Crippen LogP contribution in [0.2, 0.25) is 0 Å². The van der Waals surface area contributed by atoms with Crippen molar-refractivity contribution in [2.75, 3.05) is 25.0 Å². The number of hydrogen-bond donors (Lipinski definition) is 2. The van der Waals surface area contributed by atoms with E-state index in [1.807, 2.05) is 31.8 Å². The molecule has 1 aliphatic rings. The molecule has 2 N–H and O–H groups in total. The first kappa shape index (κ1) is 14.1. The summed E-state index contributed by atoms with van der Waals surface area (Å²) < 4.78 is 0. The Kier molecular flexibility index (Phi) is 3.67. The lowest BCUT2D eigenvalue weighted by molar-refractivity contribution is 0.450. The Balaban J connectivity index is 1.82. The number of anilines is 1. The van der Waals surface area contributed by atoms with Crippen LogP contribution < -0.4 is 10.2 Å². The van der Waals surface area contributed by atoms with Crippen molar-refractivity contribution in [2.24, 2.45) is 0 Å². The van der Waals surface area contributed by atoms with Gasteiger partial charge in [-0.3, -0.25) is 0 Å². The molecule has 1 aliphatic heterocycles. The van der Waals surface area contributed by atoms with Crippen LogP contribution in [0.1, 0.15) is 12.8 Å². The minimum absolute atomic E-state index is 0.536. The van der Waals surface area contributed by atoms with E-state index < -0.39 is 0 Å². The minimum Gasteiger partial charge on any atom is -0.369 e. The molecule has 6 nitrogen and oxygen atoms in total. The fourth-order valence-corrected chi connectivity index (χ4v) is 3.40. The molecule has 4 rings (SSSR count). The van der Waals surface area contributed by atoms with Crippen molar-refractivity contribution in [1.29, 1.82) is 0 Å². The molecule has 6 heteroatoms. The third-order valence-electron chi connectivity index (χ3n) is 4.59. The number of nitrogens with zero attached hydrogens (tertiary/aromatic N) is 4. The monoisotopic (exact) mass is 308 g/mol. The zero-order chi connectivity index (χ0) is 15.6. The Morgan fingerprint density at radius 2 is 2.17 bits per heavy atom. The fourth-order valence-electron chi connectivity index (χ4n) is 3.40. The van der Waals surface area contributed by atoms with Gasteiger partial charge in [-0.15, -0.1) is 0 Å². The number of aromatic amines is 1. The van der Waals surface area contributed by atoms with Gasteiger partial charge in [-0.1, -0.05) is 0 Å². The van der Waals surface area contributed by atoms with Crippen molar-refractivity contribution in [3.8, 4) is 11.1 Å². The normalized spacial score (nSPS) is 18.5. The van der Waals surface area contributed by atoms with Gasteiger partial charge < -0.3 is 15.2 Å². The van der Waals surface area contributed by atoms with Crippen molar-refractivity contribution in [3.63, 3.8) is 0 Å². The summed E-state index contributed by atoms with van der Waals surface area (Å²) in [5, 5.41) is 4.56. The summed E-state index contributed by atoms with van der Waals surface area (Å²) in [5.74, 6) is 0. The van der Waals surface area contributed by atoms with Crippen LogP contribution in [0.4, 0.5) is 5.69 Å². The Hall–Kier alpha value is -2.47. The second-order valence-electron chi connectivity index (χ2n) is 5.96. The van der Waals surface area contributed by atoms with Crippen LogP contribution in [0.25, 0.3) is 22.2 Å². The molecule has 0 spiro atoms. The zero-order valence-corrected chi connectivity index (χ0v) is 13.2. The maximum atomic E-state index is 4.48. The van der Waals surface area contributed by atoms with Crippen LogP contribution in [0.3, 0.4) is 0 Å². The molecule has 3 aromatic heterocycles. The third kappa shape index (κ3) is 2.55. The first-order valence-electron chi connectivity index (χ1n) is 8.00. The van der Waals surface area contributed by atoms with Crippen LogP contribution in [0.15, 0.2) is 37.2 Å². The van der Waals surface area contributed by atoms with Gasteiger partial charge in [-0.2, -0.15) is 0 Å². The lowest BCUT2D eigenvalue weighted by Crippen LogP contribution is -2.44. The molecule has 1 saturated heterocycles. The van der Waals surface area contributed by atoms with Gasteiger partial charge in [0, 0.05) is 60.7 Å². The van der Waals surface area contributed by atoms with Crippen LogP contribution in [-0.2, 0) is 0 Å². The highest BCUT2D eigenvalue weighted by Gasteiger charge is 2.22. The van der Waals surface area contributed by atoms with E-state index in [-0.39, 0.29) is 0 Å². The summed E-state index contributed by atoms with van der Waals surface area (Å²) in [6.45, 7) is 2.10. The first-order chi connectivity index (χ1) is 11.4. The van der Waals surface area contributed by atoms with E-state index in [4.69, 9.17) is 0 Å². The average molecular weight is 308 g/mol. The summed E-state index contributed by atoms with van der Waals surface area (Å²) in [6, 6.07) is 2.65. The van der Waals surface area contributed by atoms with Gasteiger partial charge in [0.05, 0.1) is 5.39 Å². The quantitative estimate of drug-likeness (QED) is 0.776. The largest absolute Gasteiger partial charge is 0.369 e. The van der Waals surface area contributed by atoms with E-state index in [1.165, 1.54) is 18.5 Å². The molecule has 118 valence electrons. The smallest absolute Gasteiger partial charge is 0.139 e. The molecular formula is C17H20N6. The van der Waals surface area contributed by atoms with Crippen molar-refractivity contribution in [3.05, 3.63) is 37.2 Å². The zero-order valence-electron chi connectivity index (χ0n) is 13.2. The molecule has 3 aromatic rings. The van der Waals surface area contributed by atoms with Gasteiger partial charge in [0.1, 0.15) is 12.0 Å². The topological polar surface area (TPSA) is 69.7 Å². The van der Waals surface area contributed by atoms with E-state index in [9.17, 15) is 0 Å². The molecular weight excluding hydrogens is 288 g/mol. The highest BCUT2D eigenvalue weighted by molar-refractivity contribution is 6.02. The molecule has 0 aliphatic carbocycles. The first-order valence-corrected chi connectivity index (χ1v) is 8.00. The SMILES string of the molecule is CN[C@@H]1CCCN(c2ccnc3[nH]cc(-c4cncnc4)c23)C1. The van der Waals surface area contributed by atoms with Gasteiger partial charge >= 0.3 is 0 Å². The Morgan fingerprint density at radius 3 is 3.00 bits per heavy atom. The lowest BCUT2D eigenvalue weighted by Gasteiger charge is -2.34. The predicted octanol–water partition coefficient (Wildman–Crippen LogP) is 2.21. The standard InChI is InChI=1S/C17H20N6/c1-18-13-3-2-6-23(10-13)15-4-5-21-17-16(15)14(9-22-17)12-7-19-11-20-8-12/h4-5,7-9,11,13,18H,2-3,6,10H2,1H3,(H,21,22)/t13-/m1/s1. The Bertz CT molecular complexity index is 797. The highest BCUT2D eigenvalue weighted by Crippen LogP contribution is 2.35. The second kappa shape index (κ2) is 5.96. The number of piperidine rings is 1. The van der Waals surface area contributed by atoms with E-state index >= 15 is 0 Å². The van der Waals surface area contributed by atoms with Gasteiger partial charge in [0.25, 0.3) is 0 Å². The molecule has 0 amide bonds. The summed E-state index contributed by atoms with van der Waals surface area (Å²) >= 11 is 0. The van der Waals surface area contributed by atoms with Gasteiger partial charge in [-0.05, 0) is 26.0 Å². The molecule has 1 atom stereocenters. The van der Waals surface area contributed by atoms with E-state index in [1.54, 1.807) is 6.33 Å². The van der Waals surface area contributed by atoms with E-state index in [0.29, 0.717) is 6.04 Å². The third-order valence-corrected chi connectivity index (χ3v) is 4.59. The predicted molar refractivity (Wildman–Crippen MR) is 91.4 cm³/mol. The summed E-state index contributed by atoms with van der Waals surface area (Å²) in [7, 11) is 2.04. The molecule has 1 fully saturated rings. The molecule has 0 aromatic carbocycles. The van der Waals surface area contributed by atoms with Gasteiger partial charge in [-0.25, -0.2) is 15.0 Å². The van der Waals surface area contributed by atoms with Crippen LogP contribution in [-0.4, -0.2) is 46.1 Å². The fraction of sp³-hybridized carbons (Fsp3) is 0.353. The molecule has 0 saturated carbocycles. The van der Waals surface area contributed by atoms with Crippen LogP contribution in [0, 0.1) is 0 Å². The van der Waals surface area contributed by atoms with Crippen molar-refractivity contribution in [2.45, 2.75) is 18.9 Å². The average Bonchev–Trinajstić information content (AvgIpc) is 3.06. The Morgan fingerprint density at radius 1 is 1.30 bits per heavy atom. The number of rotatable bonds is 3. The van der Waals surface area contributed by atoms with Crippen molar-refractivity contribution < 1.29 is 0 Å².